The van der Waals surface area contributed by atoms with Gasteiger partial charge in [0.05, 0.1) is 14.2 Å². The highest BCUT2D eigenvalue weighted by Gasteiger charge is 2.27. The number of methoxy groups -OCH3 is 2. The molecule has 0 spiro atoms. The van der Waals surface area contributed by atoms with Crippen molar-refractivity contribution in [3.05, 3.63) is 23.3 Å². The lowest BCUT2D eigenvalue weighted by atomic mass is 10.1. The second-order valence-corrected chi connectivity index (χ2v) is 4.52. The minimum absolute atomic E-state index is 0.129. The summed E-state index contributed by atoms with van der Waals surface area (Å²) in [5, 5.41) is 3.87. The summed E-state index contributed by atoms with van der Waals surface area (Å²) in [6.07, 6.45) is 0.399. The van der Waals surface area contributed by atoms with Crippen molar-refractivity contribution in [1.29, 1.82) is 0 Å². The number of nitrogens with zero attached hydrogens (tertiary/aromatic N) is 2. The summed E-state index contributed by atoms with van der Waals surface area (Å²) >= 11 is 5.65. The first-order chi connectivity index (χ1) is 10.3. The molecule has 0 saturated carbocycles. The molecule has 0 amide bonds. The minimum atomic E-state index is 0.129. The maximum atomic E-state index is 5.65. The Morgan fingerprint density at radius 3 is 2.71 bits per heavy atom. The first-order valence-electron chi connectivity index (χ1n) is 6.17. The molecule has 0 aliphatic carbocycles. The molecule has 8 heteroatoms. The summed E-state index contributed by atoms with van der Waals surface area (Å²) in [6, 6.07) is 1.81. The molecule has 21 heavy (non-hydrogen) atoms. The summed E-state index contributed by atoms with van der Waals surface area (Å²) in [7, 11) is 3.13. The third-order valence-corrected chi connectivity index (χ3v) is 3.27. The normalized spacial score (nSPS) is 12.5. The van der Waals surface area contributed by atoms with Gasteiger partial charge in [0, 0.05) is 12.0 Å². The van der Waals surface area contributed by atoms with Gasteiger partial charge in [0.1, 0.15) is 5.88 Å². The van der Waals surface area contributed by atoms with Crippen molar-refractivity contribution in [1.82, 2.24) is 10.1 Å². The number of aromatic nitrogens is 2. The summed E-state index contributed by atoms with van der Waals surface area (Å²) in [5.74, 6) is 3.25. The van der Waals surface area contributed by atoms with Gasteiger partial charge in [0.25, 0.3) is 0 Å². The van der Waals surface area contributed by atoms with Crippen LogP contribution in [0.1, 0.15) is 17.3 Å². The Bertz CT molecular complexity index is 658. The van der Waals surface area contributed by atoms with Gasteiger partial charge >= 0.3 is 0 Å². The number of fused-ring (bicyclic) bond motifs is 1. The van der Waals surface area contributed by atoms with E-state index in [1.165, 1.54) is 0 Å². The smallest absolute Gasteiger partial charge is 0.241 e. The zero-order valence-electron chi connectivity index (χ0n) is 11.5. The number of ether oxygens (including phenoxy) is 4. The maximum absolute atomic E-state index is 5.65. The maximum Gasteiger partial charge on any atom is 0.241 e. The molecular weight excluding hydrogens is 300 g/mol. The van der Waals surface area contributed by atoms with Crippen molar-refractivity contribution in [3.63, 3.8) is 0 Å². The molecular formula is C13H13ClN2O5. The average Bonchev–Trinajstić information content (AvgIpc) is 3.15. The fraction of sp³-hybridized carbons (Fsp3) is 0.385. The molecule has 0 fully saturated rings. The molecule has 2 aromatic rings. The number of rotatable bonds is 5. The van der Waals surface area contributed by atoms with E-state index in [1.54, 1.807) is 14.2 Å². The third-order valence-electron chi connectivity index (χ3n) is 3.04. The number of halogens is 1. The summed E-state index contributed by atoms with van der Waals surface area (Å²) in [5.41, 5.74) is 0.806. The molecule has 1 aliphatic rings. The molecule has 0 radical (unpaired) electrons. The van der Waals surface area contributed by atoms with E-state index in [4.69, 9.17) is 35.1 Å². The van der Waals surface area contributed by atoms with E-state index < -0.39 is 0 Å². The first-order valence-corrected chi connectivity index (χ1v) is 6.71. The van der Waals surface area contributed by atoms with Gasteiger partial charge in [-0.2, -0.15) is 4.98 Å². The van der Waals surface area contributed by atoms with Gasteiger partial charge in [-0.25, -0.2) is 0 Å². The highest BCUT2D eigenvalue weighted by molar-refractivity contribution is 6.16. The molecule has 112 valence electrons. The van der Waals surface area contributed by atoms with Crippen LogP contribution in [0.25, 0.3) is 0 Å². The van der Waals surface area contributed by atoms with Crippen molar-refractivity contribution >= 4 is 11.6 Å². The Morgan fingerprint density at radius 2 is 2.05 bits per heavy atom. The van der Waals surface area contributed by atoms with Crippen molar-refractivity contribution in [2.75, 3.05) is 21.0 Å². The zero-order valence-corrected chi connectivity index (χ0v) is 12.3. The Balaban J connectivity index is 2.01. The van der Waals surface area contributed by atoms with Gasteiger partial charge in [-0.3, -0.25) is 0 Å². The molecule has 0 saturated heterocycles. The molecule has 3 rings (SSSR count). The Hall–Kier alpha value is -2.15. The fourth-order valence-corrected chi connectivity index (χ4v) is 2.27. The highest BCUT2D eigenvalue weighted by atomic mass is 35.5. The molecule has 0 N–H and O–H groups in total. The van der Waals surface area contributed by atoms with Gasteiger partial charge < -0.3 is 23.5 Å². The van der Waals surface area contributed by atoms with Gasteiger partial charge in [-0.15, -0.1) is 11.6 Å². The van der Waals surface area contributed by atoms with Gasteiger partial charge in [-0.05, 0) is 6.07 Å². The predicted octanol–water partition coefficient (Wildman–Crippen LogP) is 2.15. The van der Waals surface area contributed by atoms with E-state index in [-0.39, 0.29) is 12.7 Å². The number of alkyl halides is 1. The topological polar surface area (TPSA) is 75.8 Å². The van der Waals surface area contributed by atoms with Crippen molar-refractivity contribution in [3.8, 4) is 23.0 Å². The predicted molar refractivity (Wildman–Crippen MR) is 72.3 cm³/mol. The molecule has 0 bridgehead atoms. The molecule has 0 atom stereocenters. The fourth-order valence-electron chi connectivity index (χ4n) is 2.16. The van der Waals surface area contributed by atoms with E-state index in [9.17, 15) is 0 Å². The van der Waals surface area contributed by atoms with Crippen LogP contribution in [0, 0.1) is 0 Å². The van der Waals surface area contributed by atoms with Gasteiger partial charge in [-0.1, -0.05) is 5.16 Å². The monoisotopic (exact) mass is 312 g/mol. The van der Waals surface area contributed by atoms with Crippen molar-refractivity contribution in [2.45, 2.75) is 12.3 Å². The summed E-state index contributed by atoms with van der Waals surface area (Å²) < 4.78 is 26.6. The van der Waals surface area contributed by atoms with Crippen LogP contribution >= 0.6 is 11.6 Å². The lowest BCUT2D eigenvalue weighted by molar-refractivity contribution is 0.168. The summed E-state index contributed by atoms with van der Waals surface area (Å²) in [4.78, 5) is 4.17. The van der Waals surface area contributed by atoms with Crippen LogP contribution in [0.3, 0.4) is 0 Å². The second-order valence-electron chi connectivity index (χ2n) is 4.25. The number of benzene rings is 1. The van der Waals surface area contributed by atoms with Crippen LogP contribution in [0.2, 0.25) is 0 Å². The van der Waals surface area contributed by atoms with E-state index in [2.05, 4.69) is 10.1 Å². The third kappa shape index (κ3) is 2.44. The quantitative estimate of drug-likeness (QED) is 0.783. The summed E-state index contributed by atoms with van der Waals surface area (Å²) in [6.45, 7) is 0.129. The molecule has 1 aromatic heterocycles. The molecule has 7 nitrogen and oxygen atoms in total. The zero-order chi connectivity index (χ0) is 14.8. The van der Waals surface area contributed by atoms with E-state index in [0.717, 1.165) is 5.56 Å². The highest BCUT2D eigenvalue weighted by Crippen LogP contribution is 2.49. The second kappa shape index (κ2) is 5.69. The van der Waals surface area contributed by atoms with Gasteiger partial charge in [0.2, 0.25) is 24.2 Å². The minimum Gasteiger partial charge on any atom is -0.493 e. The van der Waals surface area contributed by atoms with E-state index in [1.807, 2.05) is 6.07 Å². The molecule has 0 unspecified atom stereocenters. The Labute approximate surface area is 125 Å². The largest absolute Gasteiger partial charge is 0.493 e. The van der Waals surface area contributed by atoms with Crippen LogP contribution in [-0.4, -0.2) is 31.2 Å². The number of hydrogen-bond donors (Lipinski definition) is 0. The Kier molecular flexibility index (Phi) is 3.74. The van der Waals surface area contributed by atoms with Crippen molar-refractivity contribution < 1.29 is 23.5 Å². The lowest BCUT2D eigenvalue weighted by Gasteiger charge is -2.12. The SMILES string of the molecule is COc1cc(Cc2noc(CCl)n2)c(OC)c2c1OCO2. The van der Waals surface area contributed by atoms with Crippen LogP contribution in [0.4, 0.5) is 0 Å². The van der Waals surface area contributed by atoms with E-state index in [0.29, 0.717) is 41.1 Å². The molecule has 2 heterocycles. The Morgan fingerprint density at radius 1 is 1.24 bits per heavy atom. The average molecular weight is 313 g/mol. The van der Waals surface area contributed by atoms with E-state index >= 15 is 0 Å². The molecule has 1 aromatic carbocycles. The van der Waals surface area contributed by atoms with Crippen LogP contribution in [0.15, 0.2) is 10.6 Å². The van der Waals surface area contributed by atoms with Crippen LogP contribution in [0.5, 0.6) is 23.0 Å². The molecule has 1 aliphatic heterocycles. The lowest BCUT2D eigenvalue weighted by Crippen LogP contribution is -1.99. The first kappa shape index (κ1) is 13.8. The van der Waals surface area contributed by atoms with Crippen LogP contribution in [-0.2, 0) is 12.3 Å². The van der Waals surface area contributed by atoms with Crippen LogP contribution < -0.4 is 18.9 Å². The van der Waals surface area contributed by atoms with Crippen molar-refractivity contribution in [2.24, 2.45) is 0 Å². The standard InChI is InChI=1S/C13H13ClN2O5/c1-17-8-3-7(4-9-15-10(5-14)21-16-9)11(18-2)13-12(8)19-6-20-13/h3H,4-6H2,1-2H3. The number of hydrogen-bond acceptors (Lipinski definition) is 7. The van der Waals surface area contributed by atoms with Gasteiger partial charge in [0.15, 0.2) is 17.3 Å².